The van der Waals surface area contributed by atoms with E-state index < -0.39 is 15.4 Å². The van der Waals surface area contributed by atoms with Gasteiger partial charge in [0.1, 0.15) is 0 Å². The van der Waals surface area contributed by atoms with Gasteiger partial charge in [-0.25, -0.2) is 0 Å². The van der Waals surface area contributed by atoms with Crippen molar-refractivity contribution in [2.75, 3.05) is 0 Å². The maximum atomic E-state index is 4.95. The van der Waals surface area contributed by atoms with Crippen LogP contribution in [-0.4, -0.2) is 15.4 Å². The first-order valence-corrected chi connectivity index (χ1v) is 11.5. The molecule has 1 radical (unpaired) electrons. The summed E-state index contributed by atoms with van der Waals surface area (Å²) in [6, 6.07) is 0. The normalized spacial score (nSPS) is 8.00. The minimum atomic E-state index is -0.931. The Bertz CT molecular complexity index is 38.6. The van der Waals surface area contributed by atoms with Crippen LogP contribution < -0.4 is 0 Å². The van der Waals surface area contributed by atoms with Crippen LogP contribution in [0.25, 0.3) is 0 Å². The van der Waals surface area contributed by atoms with Gasteiger partial charge in [-0.1, -0.05) is 46.0 Å². The Morgan fingerprint density at radius 1 is 1.20 bits per heavy atom. The topological polar surface area (TPSA) is 0 Å². The number of hydrogen-bond donors (Lipinski definition) is 0. The SMILES string of the molecule is [CH2]CCCCCC.[Cl][GaH][Cl]. The fraction of sp³-hybridized carbons (Fsp3) is 0.857. The van der Waals surface area contributed by atoms with Gasteiger partial charge in [-0.2, -0.15) is 0 Å². The van der Waals surface area contributed by atoms with E-state index in [0.29, 0.717) is 0 Å². The second kappa shape index (κ2) is 16.7. The average molecular weight is 241 g/mol. The third-order valence-electron chi connectivity index (χ3n) is 1.10. The molecule has 0 spiro atoms. The van der Waals surface area contributed by atoms with E-state index in [0.717, 1.165) is 6.42 Å². The second-order valence-electron chi connectivity index (χ2n) is 2.02. The summed E-state index contributed by atoms with van der Waals surface area (Å²) in [6.07, 6.45) is 6.52. The van der Waals surface area contributed by atoms with E-state index in [9.17, 15) is 0 Å². The van der Waals surface area contributed by atoms with Crippen LogP contribution in [0, 0.1) is 6.92 Å². The van der Waals surface area contributed by atoms with Gasteiger partial charge in [0.25, 0.3) is 0 Å². The van der Waals surface area contributed by atoms with Crippen molar-refractivity contribution in [1.82, 2.24) is 0 Å². The Kier molecular flexibility index (Phi) is 23.0. The van der Waals surface area contributed by atoms with Crippen LogP contribution in [0.2, 0.25) is 0 Å². The van der Waals surface area contributed by atoms with Crippen molar-refractivity contribution < 1.29 is 0 Å². The van der Waals surface area contributed by atoms with E-state index in [1.807, 2.05) is 0 Å². The molecule has 0 rings (SSSR count). The molecular weight excluding hydrogens is 225 g/mol. The van der Waals surface area contributed by atoms with Crippen molar-refractivity contribution in [3.8, 4) is 0 Å². The molecule has 0 N–H and O–H groups in total. The number of unbranched alkanes of at least 4 members (excludes halogenated alkanes) is 4. The van der Waals surface area contributed by atoms with Crippen LogP contribution in [0.4, 0.5) is 0 Å². The standard InChI is InChI=1S/C7H15.2ClH.Ga.H/c1-3-5-7-6-4-2;;;;/h1,3-7H2,2H3;2*1H;;/q;;;+2;/p-2. The zero-order valence-corrected chi connectivity index (χ0v) is 11.2. The van der Waals surface area contributed by atoms with Crippen molar-refractivity contribution >= 4 is 34.7 Å². The molecule has 0 unspecified atom stereocenters. The summed E-state index contributed by atoms with van der Waals surface area (Å²) in [7, 11) is 9.90. The van der Waals surface area contributed by atoms with Gasteiger partial charge in [0.15, 0.2) is 0 Å². The molecule has 61 valence electrons. The molecule has 0 aliphatic carbocycles. The molecular formula is C7H16Cl2Ga. The molecule has 0 saturated heterocycles. The molecule has 0 bridgehead atoms. The first kappa shape index (κ1) is 13.8. The molecule has 0 aromatic heterocycles. The van der Waals surface area contributed by atoms with Gasteiger partial charge < -0.3 is 0 Å². The van der Waals surface area contributed by atoms with Crippen LogP contribution in [0.1, 0.15) is 39.0 Å². The third kappa shape index (κ3) is 22.9. The molecule has 0 heterocycles. The Labute approximate surface area is 80.5 Å². The predicted molar refractivity (Wildman–Crippen MR) is 53.0 cm³/mol. The third-order valence-corrected chi connectivity index (χ3v) is 1.10. The van der Waals surface area contributed by atoms with Crippen molar-refractivity contribution in [2.45, 2.75) is 39.0 Å². The first-order chi connectivity index (χ1) is 4.83. The second-order valence-corrected chi connectivity index (χ2v) is 6.64. The van der Waals surface area contributed by atoms with Crippen molar-refractivity contribution in [3.05, 3.63) is 6.92 Å². The summed E-state index contributed by atoms with van der Waals surface area (Å²) in [4.78, 5) is 0. The van der Waals surface area contributed by atoms with Gasteiger partial charge in [-0.05, 0) is 0 Å². The van der Waals surface area contributed by atoms with E-state index in [1.165, 1.54) is 25.7 Å². The van der Waals surface area contributed by atoms with E-state index in [4.69, 9.17) is 19.3 Å². The van der Waals surface area contributed by atoms with Gasteiger partial charge in [0, 0.05) is 0 Å². The van der Waals surface area contributed by atoms with E-state index in [2.05, 4.69) is 13.8 Å². The quantitative estimate of drug-likeness (QED) is 0.521. The van der Waals surface area contributed by atoms with Crippen molar-refractivity contribution in [3.63, 3.8) is 0 Å². The Morgan fingerprint density at radius 3 is 2.00 bits per heavy atom. The molecule has 0 fully saturated rings. The van der Waals surface area contributed by atoms with Crippen LogP contribution in [0.15, 0.2) is 0 Å². The molecule has 0 amide bonds. The van der Waals surface area contributed by atoms with Gasteiger partial charge in [0.05, 0.1) is 0 Å². The van der Waals surface area contributed by atoms with Gasteiger partial charge >= 0.3 is 34.7 Å². The molecule has 0 nitrogen and oxygen atoms in total. The summed E-state index contributed by atoms with van der Waals surface area (Å²) >= 11 is -0.931. The summed E-state index contributed by atoms with van der Waals surface area (Å²) in [5.41, 5.74) is 0. The molecule has 3 heteroatoms. The fourth-order valence-electron chi connectivity index (χ4n) is 0.604. The summed E-state index contributed by atoms with van der Waals surface area (Å²) in [5.74, 6) is 0. The summed E-state index contributed by atoms with van der Waals surface area (Å²) in [5, 5.41) is 0. The summed E-state index contributed by atoms with van der Waals surface area (Å²) < 4.78 is 0. The van der Waals surface area contributed by atoms with Gasteiger partial charge in [-0.3, -0.25) is 0 Å². The van der Waals surface area contributed by atoms with Crippen molar-refractivity contribution in [2.24, 2.45) is 0 Å². The Balaban J connectivity index is 0. The van der Waals surface area contributed by atoms with Crippen LogP contribution in [0.5, 0.6) is 0 Å². The van der Waals surface area contributed by atoms with Gasteiger partial charge in [-0.15, -0.1) is 0 Å². The zero-order chi connectivity index (χ0) is 8.24. The molecule has 0 atom stereocenters. The Morgan fingerprint density at radius 2 is 1.70 bits per heavy atom. The number of halogens is 2. The zero-order valence-electron chi connectivity index (χ0n) is 6.71. The molecule has 0 aromatic rings. The predicted octanol–water partition coefficient (Wildman–Crippen LogP) is 3.52. The van der Waals surface area contributed by atoms with Gasteiger partial charge in [0.2, 0.25) is 0 Å². The monoisotopic (exact) mass is 239 g/mol. The van der Waals surface area contributed by atoms with Crippen molar-refractivity contribution in [1.29, 1.82) is 0 Å². The van der Waals surface area contributed by atoms with E-state index in [1.54, 1.807) is 0 Å². The van der Waals surface area contributed by atoms with Crippen LogP contribution >= 0.6 is 19.3 Å². The Hall–Kier alpha value is 1.22. The number of hydrogen-bond acceptors (Lipinski definition) is 0. The molecule has 0 aliphatic rings. The average Bonchev–Trinajstić information content (AvgIpc) is 1.91. The molecule has 0 saturated carbocycles. The maximum absolute atomic E-state index is 4.95. The molecule has 10 heavy (non-hydrogen) atoms. The minimum absolute atomic E-state index is 0.931. The first-order valence-electron chi connectivity index (χ1n) is 3.74. The van der Waals surface area contributed by atoms with Crippen LogP contribution in [-0.2, 0) is 0 Å². The molecule has 0 aromatic carbocycles. The van der Waals surface area contributed by atoms with Crippen LogP contribution in [0.3, 0.4) is 0 Å². The van der Waals surface area contributed by atoms with E-state index >= 15 is 0 Å². The molecule has 0 aliphatic heterocycles. The number of rotatable bonds is 4. The van der Waals surface area contributed by atoms with E-state index in [-0.39, 0.29) is 0 Å². The fourth-order valence-corrected chi connectivity index (χ4v) is 0.604. The summed E-state index contributed by atoms with van der Waals surface area (Å²) in [6.45, 7) is 5.98.